The van der Waals surface area contributed by atoms with Crippen LogP contribution in [0.15, 0.2) is 29.3 Å². The van der Waals surface area contributed by atoms with Crippen LogP contribution in [0.1, 0.15) is 11.3 Å². The number of aromatic nitrogens is 2. The van der Waals surface area contributed by atoms with Crippen molar-refractivity contribution in [1.82, 2.24) is 10.2 Å². The van der Waals surface area contributed by atoms with E-state index in [4.69, 9.17) is 0 Å². The topological polar surface area (TPSA) is 74.8 Å². The van der Waals surface area contributed by atoms with Crippen LogP contribution < -0.4 is 5.32 Å². The lowest BCUT2D eigenvalue weighted by Gasteiger charge is -2.08. The van der Waals surface area contributed by atoms with Crippen molar-refractivity contribution in [2.24, 2.45) is 0 Å². The SMILES string of the molecule is Cc1[nH]ncc1CNc1cc(S(C)(=O)=O)ccc1F. The lowest BCUT2D eigenvalue weighted by Crippen LogP contribution is -2.04. The van der Waals surface area contributed by atoms with Gasteiger partial charge in [-0.15, -0.1) is 0 Å². The summed E-state index contributed by atoms with van der Waals surface area (Å²) in [6, 6.07) is 3.68. The minimum atomic E-state index is -3.35. The van der Waals surface area contributed by atoms with Gasteiger partial charge in [-0.25, -0.2) is 12.8 Å². The molecule has 0 aliphatic carbocycles. The minimum absolute atomic E-state index is 0.0836. The number of aromatic amines is 1. The molecule has 2 rings (SSSR count). The molecule has 0 aliphatic heterocycles. The molecule has 19 heavy (non-hydrogen) atoms. The Kier molecular flexibility index (Phi) is 3.57. The molecule has 0 bridgehead atoms. The maximum atomic E-state index is 13.6. The van der Waals surface area contributed by atoms with Gasteiger partial charge in [0.2, 0.25) is 0 Å². The third-order valence-electron chi connectivity index (χ3n) is 2.77. The molecule has 7 heteroatoms. The second-order valence-electron chi connectivity index (χ2n) is 4.29. The summed E-state index contributed by atoms with van der Waals surface area (Å²) in [5, 5.41) is 9.50. The zero-order chi connectivity index (χ0) is 14.0. The van der Waals surface area contributed by atoms with Gasteiger partial charge >= 0.3 is 0 Å². The smallest absolute Gasteiger partial charge is 0.175 e. The molecule has 0 saturated heterocycles. The Labute approximate surface area is 110 Å². The van der Waals surface area contributed by atoms with Crippen molar-refractivity contribution in [1.29, 1.82) is 0 Å². The number of nitrogens with zero attached hydrogens (tertiary/aromatic N) is 1. The number of rotatable bonds is 4. The number of H-pyrrole nitrogens is 1. The van der Waals surface area contributed by atoms with Gasteiger partial charge < -0.3 is 5.32 Å². The van der Waals surface area contributed by atoms with Gasteiger partial charge in [0.25, 0.3) is 0 Å². The van der Waals surface area contributed by atoms with Crippen LogP contribution in [0, 0.1) is 12.7 Å². The molecule has 0 unspecified atom stereocenters. The lowest BCUT2D eigenvalue weighted by atomic mass is 10.2. The van der Waals surface area contributed by atoms with Crippen molar-refractivity contribution in [3.05, 3.63) is 41.5 Å². The molecule has 0 aliphatic rings. The van der Waals surface area contributed by atoms with E-state index in [0.29, 0.717) is 6.54 Å². The predicted molar refractivity (Wildman–Crippen MR) is 70.2 cm³/mol. The quantitative estimate of drug-likeness (QED) is 0.840. The number of sulfone groups is 1. The van der Waals surface area contributed by atoms with Crippen LogP contribution in [0.5, 0.6) is 0 Å². The number of nitrogens with one attached hydrogen (secondary N) is 2. The molecular weight excluding hydrogens is 269 g/mol. The summed E-state index contributed by atoms with van der Waals surface area (Å²) in [5.74, 6) is -0.492. The third kappa shape index (κ3) is 3.11. The van der Waals surface area contributed by atoms with Crippen LogP contribution in [0.4, 0.5) is 10.1 Å². The minimum Gasteiger partial charge on any atom is -0.378 e. The average molecular weight is 283 g/mol. The van der Waals surface area contributed by atoms with Crippen LogP contribution in [0.25, 0.3) is 0 Å². The molecule has 0 fully saturated rings. The van der Waals surface area contributed by atoms with Crippen molar-refractivity contribution < 1.29 is 12.8 Å². The van der Waals surface area contributed by atoms with Crippen LogP contribution in [-0.4, -0.2) is 24.9 Å². The monoisotopic (exact) mass is 283 g/mol. The molecule has 1 heterocycles. The van der Waals surface area contributed by atoms with Gasteiger partial charge in [0.1, 0.15) is 5.82 Å². The molecule has 5 nitrogen and oxygen atoms in total. The largest absolute Gasteiger partial charge is 0.378 e. The van der Waals surface area contributed by atoms with Crippen molar-refractivity contribution in [3.63, 3.8) is 0 Å². The second-order valence-corrected chi connectivity index (χ2v) is 6.30. The summed E-state index contributed by atoms with van der Waals surface area (Å²) in [6.45, 7) is 2.22. The second kappa shape index (κ2) is 5.00. The van der Waals surface area contributed by atoms with E-state index in [1.165, 1.54) is 12.1 Å². The molecular formula is C12H14FN3O2S. The summed E-state index contributed by atoms with van der Waals surface area (Å²) in [6.07, 6.45) is 2.73. The van der Waals surface area contributed by atoms with Crippen LogP contribution in [0.2, 0.25) is 0 Å². The van der Waals surface area contributed by atoms with Crippen molar-refractivity contribution in [3.8, 4) is 0 Å². The summed E-state index contributed by atoms with van der Waals surface area (Å²) in [4.78, 5) is 0.0836. The van der Waals surface area contributed by atoms with Gasteiger partial charge in [0.15, 0.2) is 9.84 Å². The fraction of sp³-hybridized carbons (Fsp3) is 0.250. The number of hydrogen-bond acceptors (Lipinski definition) is 4. The maximum Gasteiger partial charge on any atom is 0.175 e. The van der Waals surface area contributed by atoms with E-state index in [0.717, 1.165) is 23.6 Å². The van der Waals surface area contributed by atoms with Gasteiger partial charge in [-0.3, -0.25) is 5.10 Å². The molecule has 2 N–H and O–H groups in total. The number of hydrogen-bond donors (Lipinski definition) is 2. The number of anilines is 1. The van der Waals surface area contributed by atoms with E-state index in [-0.39, 0.29) is 10.6 Å². The number of aryl methyl sites for hydroxylation is 1. The fourth-order valence-electron chi connectivity index (χ4n) is 1.61. The first-order valence-electron chi connectivity index (χ1n) is 5.60. The fourth-order valence-corrected chi connectivity index (χ4v) is 2.26. The molecule has 0 spiro atoms. The first kappa shape index (κ1) is 13.5. The highest BCUT2D eigenvalue weighted by molar-refractivity contribution is 7.90. The standard InChI is InChI=1S/C12H14FN3O2S/c1-8-9(7-15-16-8)6-14-12-5-10(19(2,17)18)3-4-11(12)13/h3-5,7,14H,6H2,1-2H3,(H,15,16). The summed E-state index contributed by atoms with van der Waals surface area (Å²) in [5.41, 5.74) is 1.93. The first-order chi connectivity index (χ1) is 8.88. The number of halogens is 1. The zero-order valence-corrected chi connectivity index (χ0v) is 11.4. The Morgan fingerprint density at radius 1 is 1.42 bits per heavy atom. The van der Waals surface area contributed by atoms with Crippen LogP contribution in [-0.2, 0) is 16.4 Å². The van der Waals surface area contributed by atoms with Crippen molar-refractivity contribution in [2.75, 3.05) is 11.6 Å². The van der Waals surface area contributed by atoms with Crippen molar-refractivity contribution in [2.45, 2.75) is 18.4 Å². The highest BCUT2D eigenvalue weighted by atomic mass is 32.2. The van der Waals surface area contributed by atoms with E-state index in [1.54, 1.807) is 6.20 Å². The van der Waals surface area contributed by atoms with Gasteiger partial charge in [-0.1, -0.05) is 0 Å². The molecule has 0 radical (unpaired) electrons. The van der Waals surface area contributed by atoms with E-state index in [2.05, 4.69) is 15.5 Å². The summed E-state index contributed by atoms with van der Waals surface area (Å²) in [7, 11) is -3.35. The normalized spacial score (nSPS) is 11.5. The Bertz CT molecular complexity index is 695. The van der Waals surface area contributed by atoms with Gasteiger partial charge in [0, 0.05) is 24.1 Å². The third-order valence-corrected chi connectivity index (χ3v) is 3.88. The first-order valence-corrected chi connectivity index (χ1v) is 7.49. The highest BCUT2D eigenvalue weighted by Gasteiger charge is 2.11. The molecule has 1 aromatic carbocycles. The van der Waals surface area contributed by atoms with Crippen LogP contribution in [0.3, 0.4) is 0 Å². The predicted octanol–water partition coefficient (Wildman–Crippen LogP) is 1.87. The Morgan fingerprint density at radius 3 is 2.74 bits per heavy atom. The summed E-state index contributed by atoms with van der Waals surface area (Å²) >= 11 is 0. The average Bonchev–Trinajstić information content (AvgIpc) is 2.72. The molecule has 102 valence electrons. The Balaban J connectivity index is 2.23. The lowest BCUT2D eigenvalue weighted by molar-refractivity contribution is 0.600. The maximum absolute atomic E-state index is 13.6. The van der Waals surface area contributed by atoms with Gasteiger partial charge in [-0.05, 0) is 25.1 Å². The molecule has 1 aromatic heterocycles. The highest BCUT2D eigenvalue weighted by Crippen LogP contribution is 2.20. The van der Waals surface area contributed by atoms with E-state index in [1.807, 2.05) is 6.92 Å². The molecule has 0 atom stereocenters. The van der Waals surface area contributed by atoms with E-state index in [9.17, 15) is 12.8 Å². The van der Waals surface area contributed by atoms with Gasteiger partial charge in [0.05, 0.1) is 16.8 Å². The zero-order valence-electron chi connectivity index (χ0n) is 10.6. The van der Waals surface area contributed by atoms with Crippen molar-refractivity contribution >= 4 is 15.5 Å². The summed E-state index contributed by atoms with van der Waals surface area (Å²) < 4.78 is 36.4. The van der Waals surface area contributed by atoms with Crippen LogP contribution >= 0.6 is 0 Å². The Morgan fingerprint density at radius 2 is 2.16 bits per heavy atom. The molecule has 2 aromatic rings. The molecule has 0 amide bonds. The number of benzene rings is 1. The Hall–Kier alpha value is -1.89. The molecule has 0 saturated carbocycles. The van der Waals surface area contributed by atoms with Gasteiger partial charge in [-0.2, -0.15) is 5.10 Å². The van der Waals surface area contributed by atoms with E-state index >= 15 is 0 Å². The van der Waals surface area contributed by atoms with E-state index < -0.39 is 15.7 Å².